The van der Waals surface area contributed by atoms with Crippen LogP contribution < -0.4 is 5.32 Å². The first-order chi connectivity index (χ1) is 7.10. The number of hydrogen-bond acceptors (Lipinski definition) is 3. The number of aliphatic hydroxyl groups is 2. The van der Waals surface area contributed by atoms with Crippen LogP contribution in [-0.2, 0) is 4.79 Å². The molecule has 2 aliphatic rings. The van der Waals surface area contributed by atoms with Crippen LogP contribution in [0.5, 0.6) is 0 Å². The summed E-state index contributed by atoms with van der Waals surface area (Å²) in [7, 11) is 0. The quantitative estimate of drug-likeness (QED) is 0.624. The molecule has 0 bridgehead atoms. The largest absolute Gasteiger partial charge is 0.396 e. The zero-order valence-corrected chi connectivity index (χ0v) is 8.96. The van der Waals surface area contributed by atoms with E-state index in [1.165, 1.54) is 0 Å². The summed E-state index contributed by atoms with van der Waals surface area (Å²) in [4.78, 5) is 11.6. The minimum absolute atomic E-state index is 0.101. The standard InChI is InChI=1S/C11H19NO3/c13-8-10(3-1-4-10)7-12-9(14)11(15)5-2-6-11/h13,15H,1-8H2,(H,12,14). The smallest absolute Gasteiger partial charge is 0.251 e. The SMILES string of the molecule is O=C(NCC1(CO)CCC1)C1(O)CCC1. The monoisotopic (exact) mass is 213 g/mol. The minimum atomic E-state index is -1.11. The van der Waals surface area contributed by atoms with Gasteiger partial charge in [0.25, 0.3) is 5.91 Å². The van der Waals surface area contributed by atoms with Crippen LogP contribution >= 0.6 is 0 Å². The fourth-order valence-corrected chi connectivity index (χ4v) is 2.24. The van der Waals surface area contributed by atoms with E-state index in [9.17, 15) is 15.0 Å². The van der Waals surface area contributed by atoms with E-state index >= 15 is 0 Å². The number of carbonyl (C=O) groups is 1. The Morgan fingerprint density at radius 3 is 2.13 bits per heavy atom. The molecule has 1 amide bonds. The Hall–Kier alpha value is -0.610. The molecule has 0 aromatic heterocycles. The van der Waals surface area contributed by atoms with Crippen LogP contribution in [0.15, 0.2) is 0 Å². The van der Waals surface area contributed by atoms with Crippen LogP contribution in [0.3, 0.4) is 0 Å². The van der Waals surface area contributed by atoms with Crippen LogP contribution in [0.2, 0.25) is 0 Å². The second kappa shape index (κ2) is 3.76. The molecule has 2 fully saturated rings. The van der Waals surface area contributed by atoms with Crippen molar-refractivity contribution < 1.29 is 15.0 Å². The molecule has 15 heavy (non-hydrogen) atoms. The van der Waals surface area contributed by atoms with Crippen LogP contribution in [0.4, 0.5) is 0 Å². The summed E-state index contributed by atoms with van der Waals surface area (Å²) in [6, 6.07) is 0. The fraction of sp³-hybridized carbons (Fsp3) is 0.909. The van der Waals surface area contributed by atoms with Crippen molar-refractivity contribution >= 4 is 5.91 Å². The number of aliphatic hydroxyl groups excluding tert-OH is 1. The van der Waals surface area contributed by atoms with Crippen LogP contribution in [0.1, 0.15) is 38.5 Å². The molecule has 0 unspecified atom stereocenters. The Kier molecular flexibility index (Phi) is 2.73. The van der Waals surface area contributed by atoms with Crippen molar-refractivity contribution in [2.75, 3.05) is 13.2 Å². The van der Waals surface area contributed by atoms with Gasteiger partial charge in [-0.15, -0.1) is 0 Å². The number of hydrogen-bond donors (Lipinski definition) is 3. The second-order valence-electron chi connectivity index (χ2n) is 5.08. The van der Waals surface area contributed by atoms with Gasteiger partial charge in [0.05, 0.1) is 6.61 Å². The lowest BCUT2D eigenvalue weighted by atomic mass is 9.69. The summed E-state index contributed by atoms with van der Waals surface area (Å²) < 4.78 is 0. The molecule has 0 atom stereocenters. The van der Waals surface area contributed by atoms with Gasteiger partial charge in [0.2, 0.25) is 0 Å². The molecular weight excluding hydrogens is 194 g/mol. The van der Waals surface area contributed by atoms with Crippen LogP contribution in [-0.4, -0.2) is 34.9 Å². The summed E-state index contributed by atoms with van der Waals surface area (Å²) in [5.74, 6) is -0.256. The zero-order chi connectivity index (χ0) is 10.9. The van der Waals surface area contributed by atoms with E-state index in [1.54, 1.807) is 0 Å². The molecular formula is C11H19NO3. The zero-order valence-electron chi connectivity index (χ0n) is 8.96. The predicted octanol–water partition coefficient (Wildman–Crippen LogP) is 0.180. The maximum Gasteiger partial charge on any atom is 0.251 e. The number of carbonyl (C=O) groups excluding carboxylic acids is 1. The highest BCUT2D eigenvalue weighted by Crippen LogP contribution is 2.40. The second-order valence-corrected chi connectivity index (χ2v) is 5.08. The van der Waals surface area contributed by atoms with Crippen molar-refractivity contribution in [3.05, 3.63) is 0 Å². The maximum absolute atomic E-state index is 11.6. The van der Waals surface area contributed by atoms with E-state index in [4.69, 9.17) is 0 Å². The number of rotatable bonds is 4. The predicted molar refractivity (Wildman–Crippen MR) is 55.2 cm³/mol. The Morgan fingerprint density at radius 1 is 1.20 bits per heavy atom. The number of nitrogens with one attached hydrogen (secondary N) is 1. The molecule has 4 nitrogen and oxygen atoms in total. The molecule has 0 saturated heterocycles. The van der Waals surface area contributed by atoms with Gasteiger partial charge in [-0.1, -0.05) is 6.42 Å². The molecule has 2 saturated carbocycles. The van der Waals surface area contributed by atoms with E-state index in [-0.39, 0.29) is 17.9 Å². The Labute approximate surface area is 89.7 Å². The van der Waals surface area contributed by atoms with Gasteiger partial charge in [-0.25, -0.2) is 0 Å². The third-order valence-electron chi connectivity index (χ3n) is 3.98. The van der Waals surface area contributed by atoms with Gasteiger partial charge in [0.1, 0.15) is 5.60 Å². The Morgan fingerprint density at radius 2 is 1.80 bits per heavy atom. The first-order valence-corrected chi connectivity index (χ1v) is 5.72. The molecule has 86 valence electrons. The molecule has 0 heterocycles. The highest BCUT2D eigenvalue weighted by molar-refractivity contribution is 5.85. The van der Waals surface area contributed by atoms with Gasteiger partial charge in [-0.3, -0.25) is 4.79 Å². The first kappa shape index (κ1) is 10.9. The Bertz CT molecular complexity index is 251. The summed E-state index contributed by atoms with van der Waals surface area (Å²) >= 11 is 0. The van der Waals surface area contributed by atoms with Gasteiger partial charge in [0.15, 0.2) is 0 Å². The number of amides is 1. The van der Waals surface area contributed by atoms with Gasteiger partial charge >= 0.3 is 0 Å². The Balaban J connectivity index is 1.80. The molecule has 2 aliphatic carbocycles. The van der Waals surface area contributed by atoms with E-state index in [2.05, 4.69) is 5.32 Å². The summed E-state index contributed by atoms with van der Waals surface area (Å²) in [5, 5.41) is 21.7. The molecule has 0 radical (unpaired) electrons. The van der Waals surface area contributed by atoms with E-state index < -0.39 is 5.60 Å². The van der Waals surface area contributed by atoms with Crippen molar-refractivity contribution in [3.8, 4) is 0 Å². The first-order valence-electron chi connectivity index (χ1n) is 5.72. The normalized spacial score (nSPS) is 26.3. The van der Waals surface area contributed by atoms with Crippen LogP contribution in [0.25, 0.3) is 0 Å². The lowest BCUT2D eigenvalue weighted by Gasteiger charge is -2.42. The van der Waals surface area contributed by atoms with Gasteiger partial charge in [-0.2, -0.15) is 0 Å². The van der Waals surface area contributed by atoms with Crippen molar-refractivity contribution in [2.45, 2.75) is 44.1 Å². The topological polar surface area (TPSA) is 69.6 Å². The van der Waals surface area contributed by atoms with Crippen molar-refractivity contribution in [1.29, 1.82) is 0 Å². The minimum Gasteiger partial charge on any atom is -0.396 e. The van der Waals surface area contributed by atoms with Crippen molar-refractivity contribution in [3.63, 3.8) is 0 Å². The molecule has 0 aromatic carbocycles. The molecule has 2 rings (SSSR count). The van der Waals surface area contributed by atoms with Crippen molar-refractivity contribution in [1.82, 2.24) is 5.32 Å². The lowest BCUT2D eigenvalue weighted by Crippen LogP contribution is -2.55. The summed E-state index contributed by atoms with van der Waals surface area (Å²) in [6.45, 7) is 0.635. The van der Waals surface area contributed by atoms with Gasteiger partial charge in [0, 0.05) is 12.0 Å². The van der Waals surface area contributed by atoms with E-state index in [0.717, 1.165) is 25.7 Å². The van der Waals surface area contributed by atoms with E-state index in [1.807, 2.05) is 0 Å². The average molecular weight is 213 g/mol. The van der Waals surface area contributed by atoms with Crippen LogP contribution in [0, 0.1) is 5.41 Å². The maximum atomic E-state index is 11.6. The van der Waals surface area contributed by atoms with Gasteiger partial charge < -0.3 is 15.5 Å². The molecule has 4 heteroatoms. The molecule has 0 aliphatic heterocycles. The third-order valence-corrected chi connectivity index (χ3v) is 3.98. The third kappa shape index (κ3) is 1.88. The van der Waals surface area contributed by atoms with E-state index in [0.29, 0.717) is 19.4 Å². The van der Waals surface area contributed by atoms with Gasteiger partial charge in [-0.05, 0) is 32.1 Å². The fourth-order valence-electron chi connectivity index (χ4n) is 2.24. The molecule has 0 aromatic rings. The molecule has 0 spiro atoms. The average Bonchev–Trinajstić information content (AvgIpc) is 2.13. The molecule has 3 N–H and O–H groups in total. The highest BCUT2D eigenvalue weighted by atomic mass is 16.3. The highest BCUT2D eigenvalue weighted by Gasteiger charge is 2.43. The van der Waals surface area contributed by atoms with Crippen molar-refractivity contribution in [2.24, 2.45) is 5.41 Å². The summed E-state index contributed by atoms with van der Waals surface area (Å²) in [6.07, 6.45) is 5.15. The lowest BCUT2D eigenvalue weighted by molar-refractivity contribution is -0.149. The summed E-state index contributed by atoms with van der Waals surface area (Å²) in [5.41, 5.74) is -1.21.